The maximum Gasteiger partial charge on any atom is 0.240 e. The fourth-order valence-corrected chi connectivity index (χ4v) is 3.17. The molecule has 0 bridgehead atoms. The Hall–Kier alpha value is -4.12. The van der Waals surface area contributed by atoms with Crippen LogP contribution in [0.25, 0.3) is 0 Å². The molecule has 8 nitrogen and oxygen atoms in total. The zero-order valence-corrected chi connectivity index (χ0v) is 21.0. The molecule has 0 saturated carbocycles. The van der Waals surface area contributed by atoms with Crippen molar-refractivity contribution in [3.8, 4) is 11.9 Å². The van der Waals surface area contributed by atoms with Crippen molar-refractivity contribution < 1.29 is 9.53 Å². The zero-order valence-electron chi connectivity index (χ0n) is 21.0. The molecule has 0 fully saturated rings. The van der Waals surface area contributed by atoms with Gasteiger partial charge in [-0.3, -0.25) is 4.79 Å². The number of primary amides is 1. The van der Waals surface area contributed by atoms with Crippen molar-refractivity contribution in [3.63, 3.8) is 0 Å². The van der Waals surface area contributed by atoms with Gasteiger partial charge in [0.25, 0.3) is 0 Å². The Labute approximate surface area is 207 Å². The minimum Gasteiger partial charge on any atom is -0.472 e. The van der Waals surface area contributed by atoms with E-state index in [-0.39, 0.29) is 35.7 Å². The Morgan fingerprint density at radius 3 is 2.31 bits per heavy atom. The van der Waals surface area contributed by atoms with Gasteiger partial charge in [0.15, 0.2) is 11.4 Å². The number of amides is 1. The molecule has 1 aromatic heterocycles. The van der Waals surface area contributed by atoms with Gasteiger partial charge in [-0.2, -0.15) is 15.2 Å². The lowest BCUT2D eigenvalue weighted by Gasteiger charge is -2.19. The van der Waals surface area contributed by atoms with E-state index in [2.05, 4.69) is 26.7 Å². The summed E-state index contributed by atoms with van der Waals surface area (Å²) in [4.78, 5) is 20.8. The van der Waals surface area contributed by atoms with Gasteiger partial charge < -0.3 is 21.1 Å². The highest BCUT2D eigenvalue weighted by atomic mass is 16.5. The number of hydrogen-bond acceptors (Lipinski definition) is 7. The van der Waals surface area contributed by atoms with Crippen LogP contribution < -0.4 is 21.1 Å². The fourth-order valence-electron chi connectivity index (χ4n) is 3.17. The number of carbonyl (C=O) groups is 1. The molecule has 0 aliphatic rings. The van der Waals surface area contributed by atoms with E-state index in [1.807, 2.05) is 89.2 Å². The van der Waals surface area contributed by atoms with Gasteiger partial charge in [0.1, 0.15) is 18.7 Å². The number of ether oxygens (including phenoxy) is 1. The standard InChI is InChI=1S/C25H28N6O2.C2H6/c1-16(2)13-21(22(27)32)29-25-30-23(28-19-11-9-17(3)10-12-19)20(14-26)24(31-25)33-15-18-7-5-4-6-8-18;1-2/h4-12,16,21H,13,15H2,1-3H3,(H2,27,32)(H2,28,29,30,31);1-2H3. The van der Waals surface area contributed by atoms with Gasteiger partial charge in [0.2, 0.25) is 17.7 Å². The average molecular weight is 475 g/mol. The predicted molar refractivity (Wildman–Crippen MR) is 139 cm³/mol. The number of nitrogens with one attached hydrogen (secondary N) is 2. The van der Waals surface area contributed by atoms with Crippen molar-refractivity contribution in [1.82, 2.24) is 9.97 Å². The Bertz CT molecular complexity index is 1120. The van der Waals surface area contributed by atoms with Gasteiger partial charge in [0.05, 0.1) is 0 Å². The maximum absolute atomic E-state index is 12.0. The minimum atomic E-state index is -0.660. The Kier molecular flexibility index (Phi) is 10.5. The first-order valence-electron chi connectivity index (χ1n) is 11.7. The molecular weight excluding hydrogens is 440 g/mol. The molecule has 3 aromatic rings. The first-order chi connectivity index (χ1) is 16.9. The van der Waals surface area contributed by atoms with E-state index >= 15 is 0 Å². The van der Waals surface area contributed by atoms with E-state index < -0.39 is 11.9 Å². The van der Waals surface area contributed by atoms with Gasteiger partial charge >= 0.3 is 0 Å². The molecule has 1 unspecified atom stereocenters. The van der Waals surface area contributed by atoms with Crippen LogP contribution in [0.3, 0.4) is 0 Å². The first kappa shape index (κ1) is 27.1. The van der Waals surface area contributed by atoms with Gasteiger partial charge in [-0.25, -0.2) is 0 Å². The lowest BCUT2D eigenvalue weighted by Crippen LogP contribution is -2.37. The van der Waals surface area contributed by atoms with E-state index in [1.165, 1.54) is 0 Å². The van der Waals surface area contributed by atoms with Crippen LogP contribution in [-0.4, -0.2) is 21.9 Å². The summed E-state index contributed by atoms with van der Waals surface area (Å²) in [5.41, 5.74) is 8.53. The van der Waals surface area contributed by atoms with Crippen molar-refractivity contribution in [1.29, 1.82) is 5.26 Å². The van der Waals surface area contributed by atoms with Crippen LogP contribution in [0.1, 0.15) is 50.8 Å². The number of aromatic nitrogens is 2. The van der Waals surface area contributed by atoms with Gasteiger partial charge in [-0.05, 0) is 37.0 Å². The molecule has 0 aliphatic carbocycles. The number of anilines is 3. The number of nitrogens with two attached hydrogens (primary N) is 1. The van der Waals surface area contributed by atoms with Gasteiger partial charge in [0, 0.05) is 5.69 Å². The van der Waals surface area contributed by atoms with Crippen molar-refractivity contribution in [3.05, 3.63) is 71.3 Å². The molecule has 1 heterocycles. The zero-order chi connectivity index (χ0) is 25.8. The van der Waals surface area contributed by atoms with E-state index in [4.69, 9.17) is 10.5 Å². The van der Waals surface area contributed by atoms with Crippen LogP contribution in [-0.2, 0) is 11.4 Å². The third kappa shape index (κ3) is 8.31. The normalized spacial score (nSPS) is 11.0. The highest BCUT2D eigenvalue weighted by Crippen LogP contribution is 2.28. The quantitative estimate of drug-likeness (QED) is 0.363. The summed E-state index contributed by atoms with van der Waals surface area (Å²) in [5, 5.41) is 16.0. The van der Waals surface area contributed by atoms with E-state index in [0.29, 0.717) is 6.42 Å². The molecule has 1 amide bonds. The molecule has 3 rings (SSSR count). The molecule has 2 aromatic carbocycles. The minimum absolute atomic E-state index is 0.112. The highest BCUT2D eigenvalue weighted by molar-refractivity contribution is 5.82. The van der Waals surface area contributed by atoms with Crippen LogP contribution in [0.15, 0.2) is 54.6 Å². The van der Waals surface area contributed by atoms with Crippen LogP contribution in [0.4, 0.5) is 17.5 Å². The maximum atomic E-state index is 12.0. The number of benzene rings is 2. The summed E-state index contributed by atoms with van der Waals surface area (Å²) in [5.74, 6) is 0.260. The van der Waals surface area contributed by atoms with Crippen LogP contribution >= 0.6 is 0 Å². The molecule has 4 N–H and O–H groups in total. The number of nitrogens with zero attached hydrogens (tertiary/aromatic N) is 3. The van der Waals surface area contributed by atoms with Crippen molar-refractivity contribution in [2.24, 2.45) is 11.7 Å². The highest BCUT2D eigenvalue weighted by Gasteiger charge is 2.22. The SMILES string of the molecule is CC.Cc1ccc(Nc2nc(NC(CC(C)C)C(N)=O)nc(OCc3ccccc3)c2C#N)cc1. The molecule has 0 saturated heterocycles. The molecule has 0 spiro atoms. The molecule has 8 heteroatoms. The number of carbonyl (C=O) groups excluding carboxylic acids is 1. The van der Waals surface area contributed by atoms with E-state index in [0.717, 1.165) is 16.8 Å². The summed E-state index contributed by atoms with van der Waals surface area (Å²) < 4.78 is 5.91. The topological polar surface area (TPSA) is 126 Å². The second-order valence-corrected chi connectivity index (χ2v) is 8.18. The largest absolute Gasteiger partial charge is 0.472 e. The Balaban J connectivity index is 0.00000210. The Morgan fingerprint density at radius 2 is 1.74 bits per heavy atom. The predicted octanol–water partition coefficient (Wildman–Crippen LogP) is 5.32. The number of rotatable bonds is 10. The van der Waals surface area contributed by atoms with E-state index in [9.17, 15) is 10.1 Å². The van der Waals surface area contributed by atoms with Crippen LogP contribution in [0.5, 0.6) is 5.88 Å². The van der Waals surface area contributed by atoms with Crippen molar-refractivity contribution in [2.75, 3.05) is 10.6 Å². The molecule has 0 aliphatic heterocycles. The summed E-state index contributed by atoms with van der Waals surface area (Å²) in [7, 11) is 0. The molecule has 0 radical (unpaired) electrons. The summed E-state index contributed by atoms with van der Waals surface area (Å²) in [6.07, 6.45) is 0.514. The van der Waals surface area contributed by atoms with Crippen molar-refractivity contribution >= 4 is 23.4 Å². The lowest BCUT2D eigenvalue weighted by molar-refractivity contribution is -0.119. The number of hydrogen-bond donors (Lipinski definition) is 3. The second kappa shape index (κ2) is 13.6. The average Bonchev–Trinajstić information content (AvgIpc) is 2.85. The molecule has 184 valence electrons. The molecular formula is C27H34N6O2. The number of aryl methyl sites for hydroxylation is 1. The third-order valence-corrected chi connectivity index (χ3v) is 4.87. The fraction of sp³-hybridized carbons (Fsp3) is 0.333. The third-order valence-electron chi connectivity index (χ3n) is 4.87. The molecule has 35 heavy (non-hydrogen) atoms. The molecule has 1 atom stereocenters. The summed E-state index contributed by atoms with van der Waals surface area (Å²) in [6.45, 7) is 10.2. The van der Waals surface area contributed by atoms with Crippen LogP contribution in [0, 0.1) is 24.2 Å². The van der Waals surface area contributed by atoms with Gasteiger partial charge in [-0.15, -0.1) is 0 Å². The monoisotopic (exact) mass is 474 g/mol. The summed E-state index contributed by atoms with van der Waals surface area (Å²) in [6, 6.07) is 18.7. The van der Waals surface area contributed by atoms with Gasteiger partial charge in [-0.1, -0.05) is 75.7 Å². The summed E-state index contributed by atoms with van der Waals surface area (Å²) >= 11 is 0. The Morgan fingerprint density at radius 1 is 1.09 bits per heavy atom. The van der Waals surface area contributed by atoms with Crippen molar-refractivity contribution in [2.45, 2.75) is 53.7 Å². The van der Waals surface area contributed by atoms with E-state index in [1.54, 1.807) is 0 Å². The lowest BCUT2D eigenvalue weighted by atomic mass is 10.0. The number of nitriles is 1. The first-order valence-corrected chi connectivity index (χ1v) is 11.7. The van der Waals surface area contributed by atoms with Crippen LogP contribution in [0.2, 0.25) is 0 Å². The smallest absolute Gasteiger partial charge is 0.240 e. The second-order valence-electron chi connectivity index (χ2n) is 8.18.